The van der Waals surface area contributed by atoms with Crippen LogP contribution in [0.25, 0.3) is 66.1 Å². The molecule has 0 bridgehead atoms. The molecule has 0 aromatic heterocycles. The monoisotopic (exact) mass is 762 g/mol. The standard InChI is InChI=1S/C54H58Si2/c1-11-33-20-17-21-34(12-2)48(33)41-27-39-26-40-28-42(49-35(13-3)22-18-23-36(49)14-4)30-45-52(40)54-51(39)44(29-41)55(7,8)46-31-43(32-47(53(46)54)56(45,9)10)50-37(15-5)24-19-25-38(50)16-6/h17-32H,11-16H2,1-10H3. The molecule has 2 aliphatic heterocycles. The molecule has 7 aromatic rings. The third-order valence-corrected chi connectivity index (χ3v) is 21.1. The van der Waals surface area contributed by atoms with Gasteiger partial charge in [-0.15, -0.1) is 0 Å². The lowest BCUT2D eigenvalue weighted by atomic mass is 9.84. The van der Waals surface area contributed by atoms with Crippen LogP contribution in [-0.2, 0) is 38.5 Å². The highest BCUT2D eigenvalue weighted by molar-refractivity contribution is 7.07. The fourth-order valence-corrected chi connectivity index (χ4v) is 17.4. The first kappa shape index (κ1) is 37.1. The van der Waals surface area contributed by atoms with E-state index in [9.17, 15) is 0 Å². The Hall–Kier alpha value is -4.51. The number of benzene rings is 7. The van der Waals surface area contributed by atoms with Gasteiger partial charge >= 0.3 is 0 Å². The van der Waals surface area contributed by atoms with Crippen LogP contribution in [0.3, 0.4) is 0 Å². The summed E-state index contributed by atoms with van der Waals surface area (Å²) < 4.78 is 0. The van der Waals surface area contributed by atoms with Crippen molar-refractivity contribution in [1.82, 2.24) is 0 Å². The van der Waals surface area contributed by atoms with Crippen LogP contribution in [0, 0.1) is 0 Å². The molecule has 0 fully saturated rings. The van der Waals surface area contributed by atoms with Crippen LogP contribution in [0.15, 0.2) is 97.1 Å². The zero-order chi connectivity index (χ0) is 39.3. The van der Waals surface area contributed by atoms with Crippen molar-refractivity contribution in [3.63, 3.8) is 0 Å². The summed E-state index contributed by atoms with van der Waals surface area (Å²) in [6.45, 7) is 24.6. The van der Waals surface area contributed by atoms with Crippen molar-refractivity contribution in [2.75, 3.05) is 0 Å². The molecular formula is C54H58Si2. The molecule has 2 heterocycles. The summed E-state index contributed by atoms with van der Waals surface area (Å²) in [5.41, 5.74) is 20.6. The van der Waals surface area contributed by atoms with E-state index in [1.807, 2.05) is 0 Å². The highest BCUT2D eigenvalue weighted by Gasteiger charge is 2.45. The van der Waals surface area contributed by atoms with Crippen molar-refractivity contribution in [2.45, 2.75) is 106 Å². The second-order valence-electron chi connectivity index (χ2n) is 17.7. The zero-order valence-corrected chi connectivity index (χ0v) is 37.5. The molecule has 282 valence electrons. The third kappa shape index (κ3) is 5.21. The summed E-state index contributed by atoms with van der Waals surface area (Å²) in [7, 11) is -4.44. The maximum Gasteiger partial charge on any atom is 0.113 e. The molecule has 2 heteroatoms. The van der Waals surface area contributed by atoms with Crippen LogP contribution in [0.2, 0.25) is 26.2 Å². The minimum Gasteiger partial charge on any atom is -0.0617 e. The summed E-state index contributed by atoms with van der Waals surface area (Å²) in [6.07, 6.45) is 6.24. The van der Waals surface area contributed by atoms with Crippen LogP contribution >= 0.6 is 0 Å². The first-order valence-electron chi connectivity index (χ1n) is 21.6. The highest BCUT2D eigenvalue weighted by atomic mass is 28.3. The van der Waals surface area contributed by atoms with Crippen LogP contribution in [0.1, 0.15) is 74.9 Å². The van der Waals surface area contributed by atoms with Gasteiger partial charge in [-0.3, -0.25) is 0 Å². The van der Waals surface area contributed by atoms with Crippen molar-refractivity contribution in [2.24, 2.45) is 0 Å². The summed E-state index contributed by atoms with van der Waals surface area (Å²) in [5.74, 6) is 0. The van der Waals surface area contributed by atoms with Gasteiger partial charge in [0, 0.05) is 0 Å². The Morgan fingerprint density at radius 1 is 0.321 bits per heavy atom. The van der Waals surface area contributed by atoms with Gasteiger partial charge in [0.05, 0.1) is 0 Å². The summed E-state index contributed by atoms with van der Waals surface area (Å²) in [6, 6.07) is 39.6. The molecule has 0 nitrogen and oxygen atoms in total. The Morgan fingerprint density at radius 2 is 0.607 bits per heavy atom. The van der Waals surface area contributed by atoms with Gasteiger partial charge in [0.2, 0.25) is 0 Å². The minimum atomic E-state index is -2.22. The van der Waals surface area contributed by atoms with Gasteiger partial charge in [-0.1, -0.05) is 147 Å². The van der Waals surface area contributed by atoms with Crippen LogP contribution in [0.5, 0.6) is 0 Å². The largest absolute Gasteiger partial charge is 0.113 e. The topological polar surface area (TPSA) is 0 Å². The van der Waals surface area contributed by atoms with E-state index >= 15 is 0 Å². The molecule has 0 N–H and O–H groups in total. The average molecular weight is 763 g/mol. The number of hydrogen-bond donors (Lipinski definition) is 0. The van der Waals surface area contributed by atoms with Crippen molar-refractivity contribution in [1.29, 1.82) is 0 Å². The molecule has 0 saturated heterocycles. The smallest absolute Gasteiger partial charge is 0.0617 e. The molecular weight excluding hydrogens is 705 g/mol. The van der Waals surface area contributed by atoms with Gasteiger partial charge in [0.1, 0.15) is 16.1 Å². The summed E-state index contributed by atoms with van der Waals surface area (Å²) in [4.78, 5) is 0. The van der Waals surface area contributed by atoms with Gasteiger partial charge in [-0.2, -0.15) is 0 Å². The Balaban J connectivity index is 1.49. The molecule has 0 radical (unpaired) electrons. The quantitative estimate of drug-likeness (QED) is 0.101. The van der Waals surface area contributed by atoms with Crippen LogP contribution in [-0.4, -0.2) is 16.1 Å². The molecule has 0 unspecified atom stereocenters. The van der Waals surface area contributed by atoms with Crippen molar-refractivity contribution in [3.8, 4) is 44.5 Å². The molecule has 56 heavy (non-hydrogen) atoms. The highest BCUT2D eigenvalue weighted by Crippen LogP contribution is 2.46. The first-order valence-corrected chi connectivity index (χ1v) is 27.6. The molecule has 0 amide bonds. The van der Waals surface area contributed by atoms with E-state index in [2.05, 4.69) is 165 Å². The second-order valence-corrected chi connectivity index (χ2v) is 26.3. The fourth-order valence-electron chi connectivity index (χ4n) is 11.1. The van der Waals surface area contributed by atoms with Crippen LogP contribution < -0.4 is 20.7 Å². The van der Waals surface area contributed by atoms with Crippen LogP contribution in [0.4, 0.5) is 0 Å². The van der Waals surface area contributed by atoms with E-state index in [0.29, 0.717) is 0 Å². The second kappa shape index (κ2) is 13.6. The van der Waals surface area contributed by atoms with Crippen molar-refractivity contribution in [3.05, 3.63) is 130 Å². The SMILES string of the molecule is CCc1cccc(CC)c1-c1cc2c3c(c1)[Si](C)(C)c1cc(-c4c(CC)cccc4CC)cc4cc5cc(-c6c(CC)cccc6CC)cc(c5c-3c14)[Si]2(C)C. The number of hydrogen-bond acceptors (Lipinski definition) is 0. The Morgan fingerprint density at radius 3 is 0.911 bits per heavy atom. The lowest BCUT2D eigenvalue weighted by Gasteiger charge is -2.43. The van der Waals surface area contributed by atoms with E-state index in [-0.39, 0.29) is 0 Å². The van der Waals surface area contributed by atoms with E-state index in [0.717, 1.165) is 38.5 Å². The third-order valence-electron chi connectivity index (χ3n) is 14.1. The van der Waals surface area contributed by atoms with Crippen molar-refractivity contribution >= 4 is 58.4 Å². The van der Waals surface area contributed by atoms with E-state index in [4.69, 9.17) is 0 Å². The zero-order valence-electron chi connectivity index (χ0n) is 35.5. The van der Waals surface area contributed by atoms with Gasteiger partial charge in [-0.05, 0) is 177 Å². The minimum absolute atomic E-state index is 1.04. The molecule has 0 spiro atoms. The maximum absolute atomic E-state index is 2.70. The Labute approximate surface area is 338 Å². The van der Waals surface area contributed by atoms with E-state index in [1.165, 1.54) is 93.9 Å². The molecule has 0 atom stereocenters. The Kier molecular flexibility index (Phi) is 8.98. The Bertz CT molecular complexity index is 2540. The average Bonchev–Trinajstić information content (AvgIpc) is 3.22. The number of aryl methyl sites for hydroxylation is 6. The molecule has 2 aliphatic rings. The lowest BCUT2D eigenvalue weighted by Crippen LogP contribution is -2.63. The first-order chi connectivity index (χ1) is 27.0. The molecule has 0 saturated carbocycles. The number of rotatable bonds is 9. The maximum atomic E-state index is 2.70. The van der Waals surface area contributed by atoms with E-state index in [1.54, 1.807) is 26.3 Å². The fraction of sp³-hybridized carbons (Fsp3) is 0.296. The molecule has 7 aromatic carbocycles. The van der Waals surface area contributed by atoms with Crippen molar-refractivity contribution < 1.29 is 0 Å². The van der Waals surface area contributed by atoms with Gasteiger partial charge < -0.3 is 0 Å². The normalized spacial score (nSPS) is 14.6. The predicted octanol–water partition coefficient (Wildman–Crippen LogP) is 12.3. The predicted molar refractivity (Wildman–Crippen MR) is 253 cm³/mol. The molecule has 0 aliphatic carbocycles. The summed E-state index contributed by atoms with van der Waals surface area (Å²) >= 11 is 0. The van der Waals surface area contributed by atoms with Gasteiger partial charge in [0.25, 0.3) is 0 Å². The van der Waals surface area contributed by atoms with Gasteiger partial charge in [-0.25, -0.2) is 0 Å². The lowest BCUT2D eigenvalue weighted by molar-refractivity contribution is 1.09. The summed E-state index contributed by atoms with van der Waals surface area (Å²) in [5, 5.41) is 12.4. The van der Waals surface area contributed by atoms with Gasteiger partial charge in [0.15, 0.2) is 0 Å². The van der Waals surface area contributed by atoms with E-state index < -0.39 is 16.1 Å². The molecule has 9 rings (SSSR count).